The molecule has 2 rings (SSSR count). The maximum atomic E-state index is 11.3. The predicted octanol–water partition coefficient (Wildman–Crippen LogP) is 1.26. The lowest BCUT2D eigenvalue weighted by molar-refractivity contribution is 0.102. The highest BCUT2D eigenvalue weighted by Crippen LogP contribution is 2.68. The Morgan fingerprint density at radius 3 is 1.96 bits per heavy atom. The van der Waals surface area contributed by atoms with E-state index >= 15 is 0 Å². The molecule has 0 bridgehead atoms. The summed E-state index contributed by atoms with van der Waals surface area (Å²) in [6.07, 6.45) is 1.00. The molecule has 5 N–H and O–H groups in total. The summed E-state index contributed by atoms with van der Waals surface area (Å²) in [7, 11) is -10.7. The van der Waals surface area contributed by atoms with Crippen LogP contribution in [0.4, 0.5) is 0 Å². The van der Waals surface area contributed by atoms with Gasteiger partial charge in [-0.1, -0.05) is 30.3 Å². The van der Waals surface area contributed by atoms with Crippen LogP contribution in [0.3, 0.4) is 0 Å². The number of hydrogen-bond acceptors (Lipinski definition) is 4. The Labute approximate surface area is 140 Å². The SMILES string of the molecule is O=P(O)(O)C(O)(CCN1CCC(c2ccccc2)CC1)P(=O)(O)O. The molecule has 24 heavy (non-hydrogen) atoms. The summed E-state index contributed by atoms with van der Waals surface area (Å²) in [4.78, 5) is 38.4. The summed E-state index contributed by atoms with van der Waals surface area (Å²) < 4.78 is 22.7. The molecule has 1 aromatic carbocycles. The molecule has 136 valence electrons. The van der Waals surface area contributed by atoms with E-state index in [1.807, 2.05) is 23.1 Å². The summed E-state index contributed by atoms with van der Waals surface area (Å²) in [5, 5.41) is 6.57. The van der Waals surface area contributed by atoms with E-state index in [-0.39, 0.29) is 6.54 Å². The molecule has 0 amide bonds. The second-order valence-corrected chi connectivity index (χ2v) is 10.1. The Balaban J connectivity index is 1.94. The third-order valence-electron chi connectivity index (χ3n) is 4.56. The average Bonchev–Trinajstić information content (AvgIpc) is 2.52. The van der Waals surface area contributed by atoms with Gasteiger partial charge in [-0.3, -0.25) is 9.13 Å². The average molecular weight is 379 g/mol. The highest BCUT2D eigenvalue weighted by Gasteiger charge is 2.59. The molecule has 0 atom stereocenters. The standard InChI is InChI=1S/C14H23NO7P2/c16-14(23(17,18)19,24(20,21)22)8-11-15-9-6-13(7-10-15)12-4-2-1-3-5-12/h1-5,13,16H,6-11H2,(H2,17,18,19)(H2,20,21,22). The van der Waals surface area contributed by atoms with Gasteiger partial charge < -0.3 is 29.6 Å². The van der Waals surface area contributed by atoms with Crippen LogP contribution in [0.5, 0.6) is 0 Å². The van der Waals surface area contributed by atoms with E-state index < -0.39 is 26.7 Å². The van der Waals surface area contributed by atoms with E-state index in [2.05, 4.69) is 12.1 Å². The molecule has 1 fully saturated rings. The van der Waals surface area contributed by atoms with Crippen molar-refractivity contribution in [3.8, 4) is 0 Å². The summed E-state index contributed by atoms with van der Waals surface area (Å²) in [5.41, 5.74) is 1.24. The van der Waals surface area contributed by atoms with E-state index in [1.165, 1.54) is 5.56 Å². The minimum Gasteiger partial charge on any atom is -0.367 e. The molecular formula is C14H23NO7P2. The highest BCUT2D eigenvalue weighted by molar-refractivity contribution is 7.72. The lowest BCUT2D eigenvalue weighted by atomic mass is 9.89. The van der Waals surface area contributed by atoms with E-state index in [9.17, 15) is 14.2 Å². The van der Waals surface area contributed by atoms with E-state index in [0.717, 1.165) is 12.8 Å². The minimum atomic E-state index is -5.37. The van der Waals surface area contributed by atoms with Crippen molar-refractivity contribution in [3.05, 3.63) is 35.9 Å². The molecule has 1 heterocycles. The first kappa shape index (κ1) is 19.8. The molecule has 1 aromatic rings. The van der Waals surface area contributed by atoms with Crippen LogP contribution in [0.2, 0.25) is 0 Å². The Morgan fingerprint density at radius 1 is 1.00 bits per heavy atom. The van der Waals surface area contributed by atoms with Crippen LogP contribution < -0.4 is 0 Å². The van der Waals surface area contributed by atoms with Gasteiger partial charge in [0.25, 0.3) is 5.08 Å². The number of likely N-dealkylation sites (tertiary alicyclic amines) is 1. The molecule has 0 aliphatic carbocycles. The van der Waals surface area contributed by atoms with Gasteiger partial charge in [-0.05, 0) is 37.4 Å². The lowest BCUT2D eigenvalue weighted by Crippen LogP contribution is -2.38. The minimum absolute atomic E-state index is 0.00816. The van der Waals surface area contributed by atoms with Gasteiger partial charge in [0.15, 0.2) is 0 Å². The van der Waals surface area contributed by atoms with Gasteiger partial charge in [0, 0.05) is 13.0 Å². The Morgan fingerprint density at radius 2 is 1.50 bits per heavy atom. The number of piperidine rings is 1. The highest BCUT2D eigenvalue weighted by atomic mass is 31.2. The van der Waals surface area contributed by atoms with Crippen molar-refractivity contribution in [3.63, 3.8) is 0 Å². The molecule has 8 nitrogen and oxygen atoms in total. The van der Waals surface area contributed by atoms with Crippen LogP contribution in [0, 0.1) is 0 Å². The summed E-state index contributed by atoms with van der Waals surface area (Å²) >= 11 is 0. The molecule has 1 aliphatic rings. The van der Waals surface area contributed by atoms with Crippen LogP contribution in [0.1, 0.15) is 30.7 Å². The normalized spacial score (nSPS) is 18.7. The topological polar surface area (TPSA) is 139 Å². The first-order valence-electron chi connectivity index (χ1n) is 7.65. The Kier molecular flexibility index (Phi) is 6.06. The molecule has 0 aromatic heterocycles. The number of aliphatic hydroxyl groups is 1. The van der Waals surface area contributed by atoms with E-state index in [0.29, 0.717) is 19.0 Å². The zero-order valence-electron chi connectivity index (χ0n) is 13.1. The first-order chi connectivity index (χ1) is 11.0. The molecule has 10 heteroatoms. The second kappa shape index (κ2) is 7.36. The van der Waals surface area contributed by atoms with Crippen LogP contribution in [-0.4, -0.2) is 54.3 Å². The van der Waals surface area contributed by atoms with Crippen molar-refractivity contribution >= 4 is 15.2 Å². The molecule has 0 radical (unpaired) electrons. The Hall–Kier alpha value is -0.560. The number of nitrogens with zero attached hydrogens (tertiary/aromatic N) is 1. The van der Waals surface area contributed by atoms with Gasteiger partial charge in [-0.25, -0.2) is 0 Å². The zero-order chi connectivity index (χ0) is 18.0. The van der Waals surface area contributed by atoms with Crippen LogP contribution in [0.15, 0.2) is 30.3 Å². The van der Waals surface area contributed by atoms with Crippen molar-refractivity contribution in [2.24, 2.45) is 0 Å². The number of hydrogen-bond donors (Lipinski definition) is 5. The van der Waals surface area contributed by atoms with E-state index in [1.54, 1.807) is 0 Å². The van der Waals surface area contributed by atoms with Gasteiger partial charge in [-0.15, -0.1) is 0 Å². The van der Waals surface area contributed by atoms with Gasteiger partial charge in [0.1, 0.15) is 0 Å². The van der Waals surface area contributed by atoms with Crippen molar-refractivity contribution in [1.29, 1.82) is 0 Å². The molecule has 0 unspecified atom stereocenters. The molecular weight excluding hydrogens is 356 g/mol. The van der Waals surface area contributed by atoms with Gasteiger partial charge in [-0.2, -0.15) is 0 Å². The van der Waals surface area contributed by atoms with E-state index in [4.69, 9.17) is 19.6 Å². The lowest BCUT2D eigenvalue weighted by Gasteiger charge is -2.35. The van der Waals surface area contributed by atoms with Gasteiger partial charge in [0.05, 0.1) is 0 Å². The number of benzene rings is 1. The smallest absolute Gasteiger partial charge is 0.367 e. The fourth-order valence-corrected chi connectivity index (χ4v) is 5.12. The quantitative estimate of drug-likeness (QED) is 0.466. The maximum Gasteiger partial charge on any atom is 0.369 e. The van der Waals surface area contributed by atoms with Crippen LogP contribution in [-0.2, 0) is 9.13 Å². The first-order valence-corrected chi connectivity index (χ1v) is 10.9. The summed E-state index contributed by atoms with van der Waals surface area (Å²) in [6, 6.07) is 10.0. The third-order valence-corrected chi connectivity index (χ3v) is 8.43. The third kappa shape index (κ3) is 4.34. The molecule has 0 spiro atoms. The zero-order valence-corrected chi connectivity index (χ0v) is 14.9. The van der Waals surface area contributed by atoms with Crippen molar-refractivity contribution in [1.82, 2.24) is 4.90 Å². The van der Waals surface area contributed by atoms with Crippen molar-refractivity contribution in [2.45, 2.75) is 30.3 Å². The fraction of sp³-hybridized carbons (Fsp3) is 0.571. The maximum absolute atomic E-state index is 11.3. The van der Waals surface area contributed by atoms with Gasteiger partial charge in [0.2, 0.25) is 0 Å². The number of rotatable bonds is 6. The molecule has 0 saturated carbocycles. The second-order valence-electron chi connectivity index (χ2n) is 6.14. The monoisotopic (exact) mass is 379 g/mol. The summed E-state index contributed by atoms with van der Waals surface area (Å²) in [6.45, 7) is 1.28. The molecule has 1 aliphatic heterocycles. The fourth-order valence-electron chi connectivity index (χ4n) is 2.98. The van der Waals surface area contributed by atoms with Crippen molar-refractivity contribution in [2.75, 3.05) is 19.6 Å². The van der Waals surface area contributed by atoms with Crippen molar-refractivity contribution < 1.29 is 33.8 Å². The molecule has 1 saturated heterocycles. The predicted molar refractivity (Wildman–Crippen MR) is 88.5 cm³/mol. The Bertz CT molecular complexity index is 612. The summed E-state index contributed by atoms with van der Waals surface area (Å²) in [5.74, 6) is 0.393. The van der Waals surface area contributed by atoms with Crippen LogP contribution in [0.25, 0.3) is 0 Å². The largest absolute Gasteiger partial charge is 0.369 e. The van der Waals surface area contributed by atoms with Gasteiger partial charge >= 0.3 is 15.2 Å². The van der Waals surface area contributed by atoms with Crippen LogP contribution >= 0.6 is 15.2 Å².